The summed E-state index contributed by atoms with van der Waals surface area (Å²) in [5.74, 6) is 2.16. The lowest BCUT2D eigenvalue weighted by Gasteiger charge is -2.09. The van der Waals surface area contributed by atoms with Crippen molar-refractivity contribution in [3.63, 3.8) is 0 Å². The Morgan fingerprint density at radius 3 is 2.67 bits per heavy atom. The van der Waals surface area contributed by atoms with E-state index in [2.05, 4.69) is 29.1 Å². The third-order valence-corrected chi connectivity index (χ3v) is 2.56. The van der Waals surface area contributed by atoms with Gasteiger partial charge in [-0.2, -0.15) is 0 Å². The molecule has 0 amide bonds. The maximum absolute atomic E-state index is 5.74. The van der Waals surface area contributed by atoms with E-state index in [0.717, 1.165) is 23.8 Å². The second-order valence-electron chi connectivity index (χ2n) is 4.56. The van der Waals surface area contributed by atoms with Gasteiger partial charge in [0.15, 0.2) is 0 Å². The van der Waals surface area contributed by atoms with Crippen LogP contribution < -0.4 is 11.1 Å². The highest BCUT2D eigenvalue weighted by Gasteiger charge is 2.33. The Labute approximate surface area is 90.3 Å². The molecule has 2 atom stereocenters. The molecule has 0 aliphatic heterocycles. The monoisotopic (exact) mass is 206 g/mol. The summed E-state index contributed by atoms with van der Waals surface area (Å²) >= 11 is 0. The number of hydrogen-bond acceptors (Lipinski definition) is 4. The number of aromatic nitrogens is 2. The Kier molecular flexibility index (Phi) is 2.61. The van der Waals surface area contributed by atoms with Crippen molar-refractivity contribution >= 4 is 5.82 Å². The molecule has 1 aliphatic rings. The van der Waals surface area contributed by atoms with Crippen molar-refractivity contribution < 1.29 is 0 Å². The second kappa shape index (κ2) is 3.77. The summed E-state index contributed by atoms with van der Waals surface area (Å²) in [7, 11) is 0. The molecule has 1 aromatic heterocycles. The van der Waals surface area contributed by atoms with Crippen molar-refractivity contribution in [1.82, 2.24) is 9.97 Å². The Hall–Kier alpha value is -1.16. The van der Waals surface area contributed by atoms with Gasteiger partial charge in [-0.25, -0.2) is 9.97 Å². The SMILES string of the molecule is Cc1cc(NC2CC2N)nc(C(C)C)n1. The van der Waals surface area contributed by atoms with Crippen molar-refractivity contribution in [3.8, 4) is 0 Å². The zero-order valence-electron chi connectivity index (χ0n) is 9.49. The van der Waals surface area contributed by atoms with Gasteiger partial charge in [0.05, 0.1) is 0 Å². The standard InChI is InChI=1S/C11H18N4/c1-6(2)11-13-7(3)4-10(15-11)14-9-5-8(9)12/h4,6,8-9H,5,12H2,1-3H3,(H,13,14,15). The molecular formula is C11H18N4. The predicted octanol–water partition coefficient (Wildman–Crippen LogP) is 1.42. The quantitative estimate of drug-likeness (QED) is 0.785. The van der Waals surface area contributed by atoms with E-state index in [1.165, 1.54) is 0 Å². The fourth-order valence-electron chi connectivity index (χ4n) is 1.49. The Bertz CT molecular complexity index is 362. The van der Waals surface area contributed by atoms with Gasteiger partial charge < -0.3 is 11.1 Å². The van der Waals surface area contributed by atoms with Crippen molar-refractivity contribution in [2.24, 2.45) is 5.73 Å². The van der Waals surface area contributed by atoms with Gasteiger partial charge in [-0.15, -0.1) is 0 Å². The molecule has 1 aliphatic carbocycles. The number of nitrogens with two attached hydrogens (primary N) is 1. The first-order valence-corrected chi connectivity index (χ1v) is 5.44. The van der Waals surface area contributed by atoms with E-state index in [0.29, 0.717) is 18.0 Å². The molecule has 2 unspecified atom stereocenters. The summed E-state index contributed by atoms with van der Waals surface area (Å²) in [6, 6.07) is 2.67. The largest absolute Gasteiger partial charge is 0.366 e. The molecule has 15 heavy (non-hydrogen) atoms. The van der Waals surface area contributed by atoms with Crippen molar-refractivity contribution in [2.45, 2.75) is 45.2 Å². The fraction of sp³-hybridized carbons (Fsp3) is 0.636. The zero-order valence-corrected chi connectivity index (χ0v) is 9.49. The van der Waals surface area contributed by atoms with E-state index in [4.69, 9.17) is 5.73 Å². The molecule has 3 N–H and O–H groups in total. The number of rotatable bonds is 3. The predicted molar refractivity (Wildman–Crippen MR) is 60.9 cm³/mol. The van der Waals surface area contributed by atoms with Crippen LogP contribution in [0.1, 0.15) is 37.7 Å². The maximum Gasteiger partial charge on any atom is 0.133 e. The van der Waals surface area contributed by atoms with Crippen molar-refractivity contribution in [3.05, 3.63) is 17.6 Å². The van der Waals surface area contributed by atoms with Gasteiger partial charge in [0.25, 0.3) is 0 Å². The molecule has 1 heterocycles. The van der Waals surface area contributed by atoms with Gasteiger partial charge in [0.2, 0.25) is 0 Å². The smallest absolute Gasteiger partial charge is 0.133 e. The molecule has 0 bridgehead atoms. The van der Waals surface area contributed by atoms with Crippen LogP contribution in [-0.4, -0.2) is 22.1 Å². The Morgan fingerprint density at radius 1 is 1.47 bits per heavy atom. The zero-order chi connectivity index (χ0) is 11.0. The number of hydrogen-bond donors (Lipinski definition) is 2. The van der Waals surface area contributed by atoms with Crippen molar-refractivity contribution in [2.75, 3.05) is 5.32 Å². The molecule has 1 aromatic rings. The van der Waals surface area contributed by atoms with Crippen LogP contribution in [0.4, 0.5) is 5.82 Å². The average molecular weight is 206 g/mol. The Balaban J connectivity index is 2.16. The number of nitrogens with one attached hydrogen (secondary N) is 1. The van der Waals surface area contributed by atoms with Crippen LogP contribution in [0.3, 0.4) is 0 Å². The van der Waals surface area contributed by atoms with Crippen LogP contribution in [0.15, 0.2) is 6.07 Å². The topological polar surface area (TPSA) is 63.8 Å². The van der Waals surface area contributed by atoms with Gasteiger partial charge in [0, 0.05) is 29.8 Å². The minimum atomic E-state index is 0.294. The molecule has 4 nitrogen and oxygen atoms in total. The molecule has 4 heteroatoms. The highest BCUT2D eigenvalue weighted by Crippen LogP contribution is 2.23. The molecular weight excluding hydrogens is 188 g/mol. The summed E-state index contributed by atoms with van der Waals surface area (Å²) in [6.07, 6.45) is 1.04. The van der Waals surface area contributed by atoms with E-state index < -0.39 is 0 Å². The Morgan fingerprint density at radius 2 is 2.13 bits per heavy atom. The lowest BCUT2D eigenvalue weighted by Crippen LogP contribution is -2.15. The maximum atomic E-state index is 5.74. The highest BCUT2D eigenvalue weighted by atomic mass is 15.1. The molecule has 0 saturated heterocycles. The van der Waals surface area contributed by atoms with Crippen LogP contribution in [0.5, 0.6) is 0 Å². The first-order valence-electron chi connectivity index (χ1n) is 5.44. The van der Waals surface area contributed by atoms with Gasteiger partial charge in [0.1, 0.15) is 11.6 Å². The lowest BCUT2D eigenvalue weighted by molar-refractivity contribution is 0.766. The molecule has 1 fully saturated rings. The first kappa shape index (κ1) is 10.4. The molecule has 0 radical (unpaired) electrons. The van der Waals surface area contributed by atoms with E-state index in [1.54, 1.807) is 0 Å². The van der Waals surface area contributed by atoms with Crippen LogP contribution in [0.2, 0.25) is 0 Å². The molecule has 0 spiro atoms. The summed E-state index contributed by atoms with van der Waals surface area (Å²) in [4.78, 5) is 8.87. The number of aryl methyl sites for hydroxylation is 1. The number of nitrogens with zero attached hydrogens (tertiary/aromatic N) is 2. The summed E-state index contributed by atoms with van der Waals surface area (Å²) in [5, 5.41) is 3.33. The fourth-order valence-corrected chi connectivity index (χ4v) is 1.49. The van der Waals surface area contributed by atoms with E-state index in [1.807, 2.05) is 13.0 Å². The summed E-state index contributed by atoms with van der Waals surface area (Å²) in [5.41, 5.74) is 6.75. The van der Waals surface area contributed by atoms with Crippen LogP contribution in [0, 0.1) is 6.92 Å². The van der Waals surface area contributed by atoms with E-state index >= 15 is 0 Å². The summed E-state index contributed by atoms with van der Waals surface area (Å²) < 4.78 is 0. The third kappa shape index (κ3) is 2.45. The molecule has 1 saturated carbocycles. The van der Waals surface area contributed by atoms with Crippen LogP contribution in [-0.2, 0) is 0 Å². The van der Waals surface area contributed by atoms with Gasteiger partial charge in [-0.05, 0) is 13.3 Å². The summed E-state index contributed by atoms with van der Waals surface area (Å²) in [6.45, 7) is 6.19. The molecule has 0 aromatic carbocycles. The lowest BCUT2D eigenvalue weighted by atomic mass is 10.2. The average Bonchev–Trinajstić information content (AvgIpc) is 2.80. The van der Waals surface area contributed by atoms with Gasteiger partial charge in [-0.3, -0.25) is 0 Å². The second-order valence-corrected chi connectivity index (χ2v) is 4.56. The normalized spacial score (nSPS) is 24.3. The third-order valence-electron chi connectivity index (χ3n) is 2.56. The number of anilines is 1. The molecule has 2 rings (SSSR count). The van der Waals surface area contributed by atoms with E-state index in [9.17, 15) is 0 Å². The van der Waals surface area contributed by atoms with Crippen LogP contribution in [0.25, 0.3) is 0 Å². The van der Waals surface area contributed by atoms with Gasteiger partial charge in [-0.1, -0.05) is 13.8 Å². The minimum absolute atomic E-state index is 0.294. The van der Waals surface area contributed by atoms with Gasteiger partial charge >= 0.3 is 0 Å². The van der Waals surface area contributed by atoms with Crippen LogP contribution >= 0.6 is 0 Å². The first-order chi connectivity index (χ1) is 7.06. The van der Waals surface area contributed by atoms with Crippen molar-refractivity contribution in [1.29, 1.82) is 0 Å². The minimum Gasteiger partial charge on any atom is -0.366 e. The highest BCUT2D eigenvalue weighted by molar-refractivity contribution is 5.39. The van der Waals surface area contributed by atoms with E-state index in [-0.39, 0.29) is 0 Å². The molecule has 82 valence electrons.